The fourth-order valence-electron chi connectivity index (χ4n) is 3.28. The zero-order chi connectivity index (χ0) is 24.6. The Balaban J connectivity index is 1.63. The lowest BCUT2D eigenvalue weighted by Gasteiger charge is -2.30. The Hall–Kier alpha value is -2.78. The molecule has 184 valence electrons. The van der Waals surface area contributed by atoms with Crippen LogP contribution in [0.2, 0.25) is 0 Å². The summed E-state index contributed by atoms with van der Waals surface area (Å²) < 4.78 is 23.5. The Morgan fingerprint density at radius 2 is 2.15 bits per heavy atom. The Labute approximate surface area is 201 Å². The van der Waals surface area contributed by atoms with Crippen molar-refractivity contribution in [2.75, 3.05) is 13.2 Å². The Bertz CT molecular complexity index is 937. The third-order valence-corrected chi connectivity index (χ3v) is 6.48. The van der Waals surface area contributed by atoms with Gasteiger partial charge < -0.3 is 24.3 Å². The highest BCUT2D eigenvalue weighted by Crippen LogP contribution is 2.39. The van der Waals surface area contributed by atoms with Crippen LogP contribution < -0.4 is 15.3 Å². The van der Waals surface area contributed by atoms with Crippen LogP contribution in [0.4, 0.5) is 0 Å². The zero-order valence-electron chi connectivity index (χ0n) is 19.7. The van der Waals surface area contributed by atoms with E-state index in [1.165, 1.54) is 6.34 Å². The van der Waals surface area contributed by atoms with Gasteiger partial charge in [-0.3, -0.25) is 4.79 Å². The largest absolute Gasteiger partial charge is 0.465 e. The summed E-state index contributed by atoms with van der Waals surface area (Å²) >= 11 is 0. The monoisotopic (exact) mass is 489 g/mol. The molecule has 0 saturated carbocycles. The number of benzene rings is 1. The third kappa shape index (κ3) is 6.87. The number of hydrogen-bond donors (Lipinski definition) is 2. The van der Waals surface area contributed by atoms with Crippen LogP contribution in [0.15, 0.2) is 64.9 Å². The number of amidine groups is 1. The average Bonchev–Trinajstić information content (AvgIpc) is 3.28. The van der Waals surface area contributed by atoms with Gasteiger partial charge in [0.15, 0.2) is 12.1 Å². The van der Waals surface area contributed by atoms with Crippen LogP contribution >= 0.6 is 8.53 Å². The van der Waals surface area contributed by atoms with E-state index in [1.54, 1.807) is 37.9 Å². The molecule has 2 aliphatic rings. The maximum Gasteiger partial charge on any atom is 0.326 e. The van der Waals surface area contributed by atoms with Gasteiger partial charge in [0.25, 0.3) is 0 Å². The normalized spacial score (nSPS) is 22.4. The van der Waals surface area contributed by atoms with E-state index in [4.69, 9.17) is 24.3 Å². The second-order valence-corrected chi connectivity index (χ2v) is 9.26. The summed E-state index contributed by atoms with van der Waals surface area (Å²) in [6, 6.07) is 9.29. The minimum absolute atomic E-state index is 0.192. The Morgan fingerprint density at radius 3 is 2.85 bits per heavy atom. The van der Waals surface area contributed by atoms with Crippen LogP contribution in [-0.4, -0.2) is 54.2 Å². The van der Waals surface area contributed by atoms with Crippen LogP contribution in [0.3, 0.4) is 0 Å². The smallest absolute Gasteiger partial charge is 0.326 e. The van der Waals surface area contributed by atoms with Crippen molar-refractivity contribution in [2.45, 2.75) is 51.5 Å². The maximum absolute atomic E-state index is 12.4. The maximum atomic E-state index is 12.4. The highest BCUT2D eigenvalue weighted by atomic mass is 31.2. The van der Waals surface area contributed by atoms with Crippen molar-refractivity contribution in [1.29, 1.82) is 0 Å². The summed E-state index contributed by atoms with van der Waals surface area (Å²) in [5.41, 5.74) is 5.63. The number of nitrogens with two attached hydrogens (primary N) is 1. The number of ether oxygens (including phenoxy) is 2. The molecule has 0 spiro atoms. The Morgan fingerprint density at radius 1 is 1.38 bits per heavy atom. The molecular weight excluding hydrogens is 457 g/mol. The molecule has 1 aromatic carbocycles. The zero-order valence-corrected chi connectivity index (χ0v) is 20.6. The van der Waals surface area contributed by atoms with Gasteiger partial charge in [-0.1, -0.05) is 30.9 Å². The molecule has 3 N–H and O–H groups in total. The number of aliphatic imine (C=N–C) groups is 1. The summed E-state index contributed by atoms with van der Waals surface area (Å²) in [4.78, 5) is 16.4. The minimum Gasteiger partial charge on any atom is -0.465 e. The van der Waals surface area contributed by atoms with Crippen molar-refractivity contribution >= 4 is 26.7 Å². The van der Waals surface area contributed by atoms with Crippen LogP contribution in [0.1, 0.15) is 33.6 Å². The first-order valence-electron chi connectivity index (χ1n) is 11.1. The van der Waals surface area contributed by atoms with Crippen molar-refractivity contribution in [3.8, 4) is 5.75 Å². The van der Waals surface area contributed by atoms with E-state index in [0.717, 1.165) is 12.8 Å². The predicted octanol–water partition coefficient (Wildman–Crippen LogP) is 3.43. The number of carbonyl (C=O) groups is 1. The lowest BCUT2D eigenvalue weighted by Crippen LogP contribution is -2.46. The standard InChI is InChI=1S/C23H32N5O5P/c1-5-10-19-21(24)25-16-26-28(19)20-14-13-18(32-20)15-31-34(33-17-11-8-7-9-12-17)27-23(3,4)22(29)30-6-2/h5,7-12,16,18,20,27H,1,6,13-15H2,2-4H3,(H2,24,25,26)/b19-10-/t18?,20-,34?/m1/s1. The first-order chi connectivity index (χ1) is 16.3. The number of nitrogens with zero attached hydrogens (tertiary/aromatic N) is 3. The summed E-state index contributed by atoms with van der Waals surface area (Å²) in [6.07, 6.45) is 5.76. The first-order valence-corrected chi connectivity index (χ1v) is 12.3. The van der Waals surface area contributed by atoms with Crippen LogP contribution in [0, 0.1) is 0 Å². The predicted molar refractivity (Wildman–Crippen MR) is 132 cm³/mol. The molecule has 0 aromatic heterocycles. The number of esters is 1. The first kappa shape index (κ1) is 25.8. The van der Waals surface area contributed by atoms with Crippen LogP contribution in [0.25, 0.3) is 0 Å². The molecule has 1 saturated heterocycles. The molecule has 1 aromatic rings. The number of hydrogen-bond acceptors (Lipinski definition) is 10. The molecule has 2 unspecified atom stereocenters. The van der Waals surface area contributed by atoms with Gasteiger partial charge in [-0.2, -0.15) is 5.10 Å². The number of carbonyl (C=O) groups excluding carboxylic acids is 1. The van der Waals surface area contributed by atoms with Gasteiger partial charge in [0, 0.05) is 0 Å². The van der Waals surface area contributed by atoms with Crippen molar-refractivity contribution in [1.82, 2.24) is 10.1 Å². The van der Waals surface area contributed by atoms with Crippen LogP contribution in [-0.2, 0) is 18.8 Å². The number of para-hydroxylation sites is 1. The quantitative estimate of drug-likeness (QED) is 0.358. The molecule has 10 nitrogen and oxygen atoms in total. The van der Waals surface area contributed by atoms with Crippen molar-refractivity contribution in [3.63, 3.8) is 0 Å². The number of rotatable bonds is 11. The molecular formula is C23H32N5O5P. The topological polar surface area (TPSA) is 120 Å². The number of allylic oxidation sites excluding steroid dienone is 2. The van der Waals surface area contributed by atoms with Crippen LogP contribution in [0.5, 0.6) is 5.75 Å². The van der Waals surface area contributed by atoms with E-state index in [2.05, 4.69) is 21.8 Å². The summed E-state index contributed by atoms with van der Waals surface area (Å²) in [6.45, 7) is 9.50. The molecule has 2 heterocycles. The van der Waals surface area contributed by atoms with E-state index in [0.29, 0.717) is 17.3 Å². The van der Waals surface area contributed by atoms with Crippen molar-refractivity contribution < 1.29 is 23.3 Å². The fourth-order valence-corrected chi connectivity index (χ4v) is 4.60. The van der Waals surface area contributed by atoms with Gasteiger partial charge in [-0.15, -0.1) is 0 Å². The van der Waals surface area contributed by atoms with E-state index in [-0.39, 0.29) is 31.5 Å². The van der Waals surface area contributed by atoms with Gasteiger partial charge in [0.2, 0.25) is 0 Å². The van der Waals surface area contributed by atoms with E-state index >= 15 is 0 Å². The summed E-state index contributed by atoms with van der Waals surface area (Å²) in [7, 11) is -1.67. The molecule has 1 fully saturated rings. The van der Waals surface area contributed by atoms with Gasteiger partial charge in [0.1, 0.15) is 23.3 Å². The molecule has 0 amide bonds. The van der Waals surface area contributed by atoms with Gasteiger partial charge in [-0.05, 0) is 51.8 Å². The molecule has 11 heteroatoms. The molecule has 34 heavy (non-hydrogen) atoms. The second-order valence-electron chi connectivity index (χ2n) is 8.08. The highest BCUT2D eigenvalue weighted by molar-refractivity contribution is 7.45. The highest BCUT2D eigenvalue weighted by Gasteiger charge is 2.37. The Kier molecular flexibility index (Phi) is 9.18. The van der Waals surface area contributed by atoms with Gasteiger partial charge >= 0.3 is 14.5 Å². The fraction of sp³-hybridized carbons (Fsp3) is 0.435. The van der Waals surface area contributed by atoms with E-state index in [1.807, 2.05) is 30.3 Å². The van der Waals surface area contributed by atoms with Gasteiger partial charge in [0.05, 0.1) is 19.3 Å². The van der Waals surface area contributed by atoms with E-state index < -0.39 is 14.1 Å². The lowest BCUT2D eigenvalue weighted by atomic mass is 10.1. The average molecular weight is 490 g/mol. The van der Waals surface area contributed by atoms with Crippen molar-refractivity contribution in [3.05, 3.63) is 54.8 Å². The molecule has 0 radical (unpaired) electrons. The molecule has 3 rings (SSSR count). The van der Waals surface area contributed by atoms with Crippen molar-refractivity contribution in [2.24, 2.45) is 15.8 Å². The summed E-state index contributed by atoms with van der Waals surface area (Å²) in [5.74, 6) is 0.592. The minimum atomic E-state index is -1.67. The summed E-state index contributed by atoms with van der Waals surface area (Å²) in [5, 5.41) is 9.17. The SMILES string of the molecule is C=C/C=C1/C(N)=NC=NN1[C@H]1CCC(COP(NC(C)(C)C(=O)OCC)Oc2ccccc2)O1. The van der Waals surface area contributed by atoms with E-state index in [9.17, 15) is 4.79 Å². The second kappa shape index (κ2) is 12.1. The lowest BCUT2D eigenvalue weighted by molar-refractivity contribution is -0.149. The number of nitrogens with one attached hydrogen (secondary N) is 1. The molecule has 0 bridgehead atoms. The third-order valence-electron chi connectivity index (χ3n) is 4.98. The number of hydrazone groups is 1. The van der Waals surface area contributed by atoms with Gasteiger partial charge in [-0.25, -0.2) is 15.1 Å². The molecule has 0 aliphatic carbocycles. The molecule has 3 atom stereocenters. The molecule has 2 aliphatic heterocycles.